The molecule has 1 fully saturated rings. The average Bonchev–Trinajstić information content (AvgIpc) is 2.53. The maximum absolute atomic E-state index is 12.4. The van der Waals surface area contributed by atoms with Crippen molar-refractivity contribution in [3.05, 3.63) is 29.8 Å². The second-order valence-corrected chi connectivity index (χ2v) is 5.77. The molecule has 0 saturated carbocycles. The van der Waals surface area contributed by atoms with E-state index in [1.165, 1.54) is 18.9 Å². The number of amides is 1. The van der Waals surface area contributed by atoms with Gasteiger partial charge in [0.15, 0.2) is 6.04 Å². The molecule has 0 bridgehead atoms. The number of rotatable bonds is 4. The van der Waals surface area contributed by atoms with E-state index in [0.717, 1.165) is 10.5 Å². The minimum Gasteiger partial charge on any atom is -0.467 e. The van der Waals surface area contributed by atoms with Crippen LogP contribution in [0.15, 0.2) is 29.2 Å². The molecule has 6 heteroatoms. The Labute approximate surface area is 128 Å². The molecule has 1 amide bonds. The predicted octanol–water partition coefficient (Wildman–Crippen LogP) is 1.49. The molecule has 0 aliphatic carbocycles. The minimum atomic E-state index is -0.631. The van der Waals surface area contributed by atoms with Crippen LogP contribution in [-0.4, -0.2) is 55.4 Å². The summed E-state index contributed by atoms with van der Waals surface area (Å²) in [6, 6.07) is 7.29. The molecule has 2 rings (SSSR count). The lowest BCUT2D eigenvalue weighted by Gasteiger charge is -2.33. The summed E-state index contributed by atoms with van der Waals surface area (Å²) in [4.78, 5) is 26.7. The van der Waals surface area contributed by atoms with E-state index in [9.17, 15) is 9.59 Å². The number of carbonyl (C=O) groups excluding carboxylic acids is 2. The second-order valence-electron chi connectivity index (χ2n) is 4.76. The van der Waals surface area contributed by atoms with Crippen LogP contribution < -0.4 is 0 Å². The van der Waals surface area contributed by atoms with Gasteiger partial charge in [-0.2, -0.15) is 0 Å². The number of hydrogen-bond donors (Lipinski definition) is 0. The third-order valence-electron chi connectivity index (χ3n) is 3.37. The van der Waals surface area contributed by atoms with Crippen molar-refractivity contribution >= 4 is 23.6 Å². The molecule has 1 heterocycles. The maximum atomic E-state index is 12.4. The molecule has 1 atom stereocenters. The van der Waals surface area contributed by atoms with Crippen LogP contribution in [0, 0.1) is 6.92 Å². The van der Waals surface area contributed by atoms with Gasteiger partial charge in [0, 0.05) is 11.4 Å². The highest BCUT2D eigenvalue weighted by molar-refractivity contribution is 8.00. The lowest BCUT2D eigenvalue weighted by Crippen LogP contribution is -2.53. The zero-order valence-corrected chi connectivity index (χ0v) is 13.0. The van der Waals surface area contributed by atoms with Gasteiger partial charge in [-0.25, -0.2) is 4.79 Å². The molecule has 21 heavy (non-hydrogen) atoms. The van der Waals surface area contributed by atoms with Gasteiger partial charge < -0.3 is 14.4 Å². The fourth-order valence-corrected chi connectivity index (χ4v) is 3.09. The highest BCUT2D eigenvalue weighted by Gasteiger charge is 2.33. The fraction of sp³-hybridized carbons (Fsp3) is 0.467. The lowest BCUT2D eigenvalue weighted by molar-refractivity contribution is -0.159. The molecule has 1 aliphatic heterocycles. The van der Waals surface area contributed by atoms with E-state index in [-0.39, 0.29) is 12.5 Å². The van der Waals surface area contributed by atoms with Crippen LogP contribution in [0.5, 0.6) is 0 Å². The van der Waals surface area contributed by atoms with E-state index < -0.39 is 12.0 Å². The Morgan fingerprint density at radius 2 is 2.19 bits per heavy atom. The normalized spacial score (nSPS) is 18.4. The van der Waals surface area contributed by atoms with E-state index >= 15 is 0 Å². The van der Waals surface area contributed by atoms with E-state index in [1.54, 1.807) is 4.90 Å². The third kappa shape index (κ3) is 3.98. The highest BCUT2D eigenvalue weighted by atomic mass is 32.2. The van der Waals surface area contributed by atoms with Crippen LogP contribution in [-0.2, 0) is 19.1 Å². The zero-order chi connectivity index (χ0) is 15.2. The highest BCUT2D eigenvalue weighted by Crippen LogP contribution is 2.22. The van der Waals surface area contributed by atoms with E-state index in [0.29, 0.717) is 18.9 Å². The molecule has 0 aromatic heterocycles. The van der Waals surface area contributed by atoms with Gasteiger partial charge in [-0.15, -0.1) is 11.8 Å². The first-order valence-electron chi connectivity index (χ1n) is 6.77. The summed E-state index contributed by atoms with van der Waals surface area (Å²) in [5, 5.41) is 0. The average molecular weight is 309 g/mol. The van der Waals surface area contributed by atoms with Gasteiger partial charge in [0.2, 0.25) is 5.91 Å². The van der Waals surface area contributed by atoms with Crippen molar-refractivity contribution in [3.63, 3.8) is 0 Å². The Hall–Kier alpha value is -1.53. The Kier molecular flexibility index (Phi) is 5.64. The number of hydrogen-bond acceptors (Lipinski definition) is 5. The summed E-state index contributed by atoms with van der Waals surface area (Å²) in [6.07, 6.45) is 0. The van der Waals surface area contributed by atoms with Gasteiger partial charge in [-0.05, 0) is 18.6 Å². The molecule has 0 N–H and O–H groups in total. The lowest BCUT2D eigenvalue weighted by atomic mass is 10.2. The Morgan fingerprint density at radius 1 is 1.43 bits per heavy atom. The number of morpholine rings is 1. The van der Waals surface area contributed by atoms with Crippen LogP contribution in [0.3, 0.4) is 0 Å². The number of nitrogens with zero attached hydrogens (tertiary/aromatic N) is 1. The van der Waals surface area contributed by atoms with Gasteiger partial charge in [0.25, 0.3) is 0 Å². The molecule has 1 saturated heterocycles. The maximum Gasteiger partial charge on any atom is 0.331 e. The summed E-state index contributed by atoms with van der Waals surface area (Å²) < 4.78 is 10.00. The Morgan fingerprint density at radius 3 is 2.90 bits per heavy atom. The first-order chi connectivity index (χ1) is 10.1. The van der Waals surface area contributed by atoms with Gasteiger partial charge in [0.1, 0.15) is 0 Å². The first-order valence-corrected chi connectivity index (χ1v) is 7.75. The van der Waals surface area contributed by atoms with E-state index in [1.807, 2.05) is 31.2 Å². The molecule has 1 aromatic rings. The number of ether oxygens (including phenoxy) is 2. The fourth-order valence-electron chi connectivity index (χ4n) is 2.17. The first kappa shape index (κ1) is 15.9. The van der Waals surface area contributed by atoms with Crippen LogP contribution in [0.4, 0.5) is 0 Å². The summed E-state index contributed by atoms with van der Waals surface area (Å²) in [7, 11) is 1.32. The van der Waals surface area contributed by atoms with Crippen molar-refractivity contribution in [2.75, 3.05) is 32.6 Å². The smallest absolute Gasteiger partial charge is 0.331 e. The number of benzene rings is 1. The van der Waals surface area contributed by atoms with Crippen molar-refractivity contribution in [2.24, 2.45) is 0 Å². The third-order valence-corrected chi connectivity index (χ3v) is 4.53. The number of methoxy groups -OCH3 is 1. The predicted molar refractivity (Wildman–Crippen MR) is 80.2 cm³/mol. The summed E-state index contributed by atoms with van der Waals surface area (Å²) in [6.45, 7) is 3.09. The van der Waals surface area contributed by atoms with Crippen LogP contribution in [0.25, 0.3) is 0 Å². The minimum absolute atomic E-state index is 0.0676. The molecular formula is C15H19NO4S. The van der Waals surface area contributed by atoms with Crippen LogP contribution in [0.1, 0.15) is 5.56 Å². The van der Waals surface area contributed by atoms with Crippen LogP contribution >= 0.6 is 11.8 Å². The second kappa shape index (κ2) is 7.47. The number of aryl methyl sites for hydroxylation is 1. The molecule has 114 valence electrons. The Balaban J connectivity index is 1.98. The quantitative estimate of drug-likeness (QED) is 0.623. The van der Waals surface area contributed by atoms with Crippen molar-refractivity contribution in [1.29, 1.82) is 0 Å². The topological polar surface area (TPSA) is 55.8 Å². The standard InChI is InChI=1S/C15H19NO4S/c1-11-5-3-4-6-13(11)21-10-14(17)16-7-8-20-9-12(16)15(18)19-2/h3-6,12H,7-10H2,1-2H3. The summed E-state index contributed by atoms with van der Waals surface area (Å²) >= 11 is 1.49. The molecule has 1 unspecified atom stereocenters. The number of thioether (sulfide) groups is 1. The van der Waals surface area contributed by atoms with Crippen molar-refractivity contribution in [3.8, 4) is 0 Å². The SMILES string of the molecule is COC(=O)C1COCCN1C(=O)CSc1ccccc1C. The molecular weight excluding hydrogens is 290 g/mol. The molecule has 5 nitrogen and oxygen atoms in total. The largest absolute Gasteiger partial charge is 0.467 e. The van der Waals surface area contributed by atoms with Gasteiger partial charge in [0.05, 0.1) is 26.1 Å². The number of carbonyl (C=O) groups is 2. The van der Waals surface area contributed by atoms with Crippen molar-refractivity contribution in [1.82, 2.24) is 4.90 Å². The van der Waals surface area contributed by atoms with Crippen LogP contribution in [0.2, 0.25) is 0 Å². The molecule has 1 aliphatic rings. The van der Waals surface area contributed by atoms with Gasteiger partial charge in [-0.1, -0.05) is 18.2 Å². The van der Waals surface area contributed by atoms with Crippen molar-refractivity contribution < 1.29 is 19.1 Å². The van der Waals surface area contributed by atoms with E-state index in [4.69, 9.17) is 9.47 Å². The summed E-state index contributed by atoms with van der Waals surface area (Å²) in [5.74, 6) is -0.191. The van der Waals surface area contributed by atoms with Gasteiger partial charge in [-0.3, -0.25) is 4.79 Å². The molecule has 1 aromatic carbocycles. The zero-order valence-electron chi connectivity index (χ0n) is 12.2. The van der Waals surface area contributed by atoms with Gasteiger partial charge >= 0.3 is 5.97 Å². The monoisotopic (exact) mass is 309 g/mol. The van der Waals surface area contributed by atoms with E-state index in [2.05, 4.69) is 0 Å². The summed E-state index contributed by atoms with van der Waals surface area (Å²) in [5.41, 5.74) is 1.14. The Bertz CT molecular complexity index is 520. The molecule has 0 spiro atoms. The number of esters is 1. The molecule has 0 radical (unpaired) electrons. The van der Waals surface area contributed by atoms with Crippen molar-refractivity contribution in [2.45, 2.75) is 17.9 Å².